The number of hydrogen-bond donors (Lipinski definition) is 8. The molecule has 2 heterocycles. The largest absolute Gasteiger partial charge is 0.479 e. The molecule has 0 bridgehead atoms. The Bertz CT molecular complexity index is 444. The zero-order chi connectivity index (χ0) is 18.2. The van der Waals surface area contributed by atoms with E-state index in [1.165, 1.54) is 0 Å². The summed E-state index contributed by atoms with van der Waals surface area (Å²) in [5, 5.41) is 76.4. The van der Waals surface area contributed by atoms with Crippen molar-refractivity contribution in [2.75, 3.05) is 6.61 Å². The third-order valence-corrected chi connectivity index (χ3v) is 3.94. The highest BCUT2D eigenvalue weighted by atomic mass is 16.7. The quantitative estimate of drug-likeness (QED) is 0.238. The van der Waals surface area contributed by atoms with Gasteiger partial charge in [-0.05, 0) is 0 Å². The van der Waals surface area contributed by atoms with Gasteiger partial charge in [0.05, 0.1) is 6.61 Å². The van der Waals surface area contributed by atoms with Crippen LogP contribution in [0, 0.1) is 0 Å². The summed E-state index contributed by atoms with van der Waals surface area (Å²) in [6, 6.07) is 0. The molecule has 2 aliphatic rings. The SMILES string of the molecule is O=C(O)C1OC(O)C(O)C(OC2OC(CO)C(O)C(O)C2O)C1O. The van der Waals surface area contributed by atoms with Crippen molar-refractivity contribution in [2.24, 2.45) is 0 Å². The van der Waals surface area contributed by atoms with Crippen molar-refractivity contribution in [2.45, 2.75) is 61.4 Å². The maximum atomic E-state index is 11.0. The van der Waals surface area contributed by atoms with Gasteiger partial charge >= 0.3 is 5.97 Å². The minimum absolute atomic E-state index is 0.732. The van der Waals surface area contributed by atoms with Crippen LogP contribution in [0.3, 0.4) is 0 Å². The van der Waals surface area contributed by atoms with Gasteiger partial charge < -0.3 is 55.1 Å². The maximum absolute atomic E-state index is 11.0. The zero-order valence-corrected chi connectivity index (χ0v) is 12.2. The lowest BCUT2D eigenvalue weighted by atomic mass is 9.97. The number of aliphatic hydroxyl groups excluding tert-OH is 7. The number of ether oxygens (including phenoxy) is 3. The first kappa shape index (κ1) is 19.4. The number of carboxylic acid groups (broad SMARTS) is 1. The first-order valence-electron chi connectivity index (χ1n) is 7.07. The number of aliphatic carboxylic acids is 1. The monoisotopic (exact) mass is 356 g/mol. The Labute approximate surface area is 135 Å². The Kier molecular flexibility index (Phi) is 6.09. The molecule has 12 nitrogen and oxygen atoms in total. The van der Waals surface area contributed by atoms with Crippen molar-refractivity contribution in [3.63, 3.8) is 0 Å². The summed E-state index contributed by atoms with van der Waals surface area (Å²) in [6.45, 7) is -0.732. The van der Waals surface area contributed by atoms with E-state index in [1.807, 2.05) is 0 Å². The number of aliphatic hydroxyl groups is 7. The minimum Gasteiger partial charge on any atom is -0.479 e. The van der Waals surface area contributed by atoms with Crippen LogP contribution in [0.2, 0.25) is 0 Å². The van der Waals surface area contributed by atoms with E-state index in [9.17, 15) is 35.4 Å². The molecule has 2 fully saturated rings. The lowest BCUT2D eigenvalue weighted by Crippen LogP contribution is -2.65. The third-order valence-electron chi connectivity index (χ3n) is 3.94. The molecule has 2 aliphatic heterocycles. The molecule has 140 valence electrons. The summed E-state index contributed by atoms with van der Waals surface area (Å²) in [4.78, 5) is 11.0. The average Bonchev–Trinajstić information content (AvgIpc) is 2.54. The summed E-state index contributed by atoms with van der Waals surface area (Å²) in [6.07, 6.45) is -17.8. The van der Waals surface area contributed by atoms with E-state index in [0.29, 0.717) is 0 Å². The Morgan fingerprint density at radius 3 is 2.04 bits per heavy atom. The van der Waals surface area contributed by atoms with E-state index >= 15 is 0 Å². The summed E-state index contributed by atoms with van der Waals surface area (Å²) in [7, 11) is 0. The van der Waals surface area contributed by atoms with Gasteiger partial charge in [-0.1, -0.05) is 0 Å². The molecule has 0 radical (unpaired) electrons. The number of carboxylic acids is 1. The molecule has 0 saturated carbocycles. The Hall–Kier alpha value is -0.930. The summed E-state index contributed by atoms with van der Waals surface area (Å²) in [5.74, 6) is -1.63. The molecule has 0 aliphatic carbocycles. The molecule has 12 heteroatoms. The van der Waals surface area contributed by atoms with Crippen molar-refractivity contribution >= 4 is 5.97 Å². The van der Waals surface area contributed by atoms with Gasteiger partial charge in [0.15, 0.2) is 18.7 Å². The van der Waals surface area contributed by atoms with Crippen LogP contribution >= 0.6 is 0 Å². The van der Waals surface area contributed by atoms with Crippen molar-refractivity contribution in [3.8, 4) is 0 Å². The molecular weight excluding hydrogens is 336 g/mol. The molecule has 0 aromatic heterocycles. The predicted octanol–water partition coefficient (Wildman–Crippen LogP) is -5.30. The van der Waals surface area contributed by atoms with Gasteiger partial charge in [0, 0.05) is 0 Å². The molecule has 24 heavy (non-hydrogen) atoms. The van der Waals surface area contributed by atoms with Crippen LogP contribution in [0.25, 0.3) is 0 Å². The fourth-order valence-electron chi connectivity index (χ4n) is 2.55. The Balaban J connectivity index is 2.16. The third kappa shape index (κ3) is 3.52. The van der Waals surface area contributed by atoms with Crippen LogP contribution in [0.1, 0.15) is 0 Å². The molecule has 8 N–H and O–H groups in total. The standard InChI is InChI=1S/C12H20O12/c13-1-2-3(14)4(15)5(16)12(22-2)24-8-6(17)9(10(19)20)23-11(21)7(8)18/h2-9,11-18,21H,1H2,(H,19,20). The van der Waals surface area contributed by atoms with E-state index < -0.39 is 74.0 Å². The molecular formula is C12H20O12. The lowest BCUT2D eigenvalue weighted by molar-refractivity contribution is -0.352. The van der Waals surface area contributed by atoms with Gasteiger partial charge in [0.2, 0.25) is 0 Å². The topological polar surface area (TPSA) is 207 Å². The molecule has 0 spiro atoms. The molecule has 2 saturated heterocycles. The fourth-order valence-corrected chi connectivity index (χ4v) is 2.55. The molecule has 10 unspecified atom stereocenters. The highest BCUT2D eigenvalue weighted by Gasteiger charge is 2.51. The van der Waals surface area contributed by atoms with E-state index in [0.717, 1.165) is 0 Å². The predicted molar refractivity (Wildman–Crippen MR) is 69.2 cm³/mol. The highest BCUT2D eigenvalue weighted by Crippen LogP contribution is 2.28. The van der Waals surface area contributed by atoms with Gasteiger partial charge in [-0.3, -0.25) is 0 Å². The van der Waals surface area contributed by atoms with E-state index in [-0.39, 0.29) is 0 Å². The zero-order valence-electron chi connectivity index (χ0n) is 12.2. The van der Waals surface area contributed by atoms with E-state index in [2.05, 4.69) is 4.74 Å². The molecule has 0 amide bonds. The van der Waals surface area contributed by atoms with Gasteiger partial charge in [0.1, 0.15) is 42.7 Å². The number of carbonyl (C=O) groups is 1. The van der Waals surface area contributed by atoms with Crippen LogP contribution in [-0.2, 0) is 19.0 Å². The van der Waals surface area contributed by atoms with Crippen molar-refractivity contribution < 1.29 is 59.9 Å². The first-order chi connectivity index (χ1) is 11.2. The molecule has 10 atom stereocenters. The molecule has 2 rings (SSSR count). The Morgan fingerprint density at radius 1 is 0.875 bits per heavy atom. The van der Waals surface area contributed by atoms with Crippen molar-refractivity contribution in [1.82, 2.24) is 0 Å². The molecule has 0 aromatic rings. The highest BCUT2D eigenvalue weighted by molar-refractivity contribution is 5.73. The maximum Gasteiger partial charge on any atom is 0.335 e. The van der Waals surface area contributed by atoms with Crippen LogP contribution in [0.4, 0.5) is 0 Å². The van der Waals surface area contributed by atoms with Crippen LogP contribution in [0.15, 0.2) is 0 Å². The average molecular weight is 356 g/mol. The van der Waals surface area contributed by atoms with Gasteiger partial charge in [-0.15, -0.1) is 0 Å². The van der Waals surface area contributed by atoms with Gasteiger partial charge in [-0.25, -0.2) is 4.79 Å². The number of hydrogen-bond acceptors (Lipinski definition) is 11. The Morgan fingerprint density at radius 2 is 1.50 bits per heavy atom. The summed E-state index contributed by atoms with van der Waals surface area (Å²) < 4.78 is 14.7. The van der Waals surface area contributed by atoms with Crippen LogP contribution in [0.5, 0.6) is 0 Å². The van der Waals surface area contributed by atoms with Crippen LogP contribution in [-0.4, -0.2) is 115 Å². The number of rotatable bonds is 4. The second-order valence-corrected chi connectivity index (χ2v) is 5.56. The second kappa shape index (κ2) is 7.53. The minimum atomic E-state index is -2.00. The van der Waals surface area contributed by atoms with Gasteiger partial charge in [-0.2, -0.15) is 0 Å². The first-order valence-corrected chi connectivity index (χ1v) is 7.07. The van der Waals surface area contributed by atoms with Crippen molar-refractivity contribution in [1.29, 1.82) is 0 Å². The van der Waals surface area contributed by atoms with E-state index in [1.54, 1.807) is 0 Å². The van der Waals surface area contributed by atoms with E-state index in [4.69, 9.17) is 19.7 Å². The molecule has 0 aromatic carbocycles. The lowest BCUT2D eigenvalue weighted by Gasteiger charge is -2.44. The smallest absolute Gasteiger partial charge is 0.335 e. The van der Waals surface area contributed by atoms with Crippen LogP contribution < -0.4 is 0 Å². The summed E-state index contributed by atoms with van der Waals surface area (Å²) in [5.41, 5.74) is 0. The normalized spacial score (nSPS) is 49.8. The van der Waals surface area contributed by atoms with Crippen molar-refractivity contribution in [3.05, 3.63) is 0 Å². The fraction of sp³-hybridized carbons (Fsp3) is 0.917. The second-order valence-electron chi connectivity index (χ2n) is 5.56. The summed E-state index contributed by atoms with van der Waals surface area (Å²) >= 11 is 0. The van der Waals surface area contributed by atoms with Gasteiger partial charge in [0.25, 0.3) is 0 Å².